The van der Waals surface area contributed by atoms with Crippen molar-refractivity contribution in [1.29, 1.82) is 0 Å². The van der Waals surface area contributed by atoms with Crippen LogP contribution in [0.5, 0.6) is 0 Å². The van der Waals surface area contributed by atoms with Crippen LogP contribution in [0.25, 0.3) is 0 Å². The summed E-state index contributed by atoms with van der Waals surface area (Å²) in [7, 11) is -2.17. The molecule has 2 rings (SSSR count). The number of anilines is 1. The fraction of sp³-hybridized carbons (Fsp3) is 0.0769. The number of aromatic nitrogens is 1. The highest BCUT2D eigenvalue weighted by molar-refractivity contribution is 9.10. The largest absolute Gasteiger partial charge is 0.310 e. The second kappa shape index (κ2) is 5.92. The molecule has 0 unspecified atom stereocenters. The molecule has 1 heterocycles. The fourth-order valence-electron chi connectivity index (χ4n) is 1.68. The first kappa shape index (κ1) is 15.6. The summed E-state index contributed by atoms with van der Waals surface area (Å²) in [5, 5.41) is 5.03. The van der Waals surface area contributed by atoms with Crippen molar-refractivity contribution in [2.45, 2.75) is 4.90 Å². The third kappa shape index (κ3) is 3.46. The molecular weight excluding hydrogens is 358 g/mol. The van der Waals surface area contributed by atoms with Gasteiger partial charge < -0.3 is 4.90 Å². The maximum atomic E-state index is 12.3. The van der Waals surface area contributed by atoms with Gasteiger partial charge in [-0.1, -0.05) is 0 Å². The molecule has 1 aromatic heterocycles. The van der Waals surface area contributed by atoms with Gasteiger partial charge in [-0.05, 0) is 52.3 Å². The smallest absolute Gasteiger partial charge is 0.277 e. The third-order valence-electron chi connectivity index (χ3n) is 2.82. The van der Waals surface area contributed by atoms with E-state index < -0.39 is 10.0 Å². The van der Waals surface area contributed by atoms with Crippen molar-refractivity contribution < 1.29 is 13.2 Å². The summed E-state index contributed by atoms with van der Waals surface area (Å²) in [6.45, 7) is 0. The molecule has 110 valence electrons. The molecule has 0 saturated heterocycles. The van der Waals surface area contributed by atoms with Gasteiger partial charge in [-0.3, -0.25) is 4.79 Å². The van der Waals surface area contributed by atoms with E-state index in [0.717, 1.165) is 0 Å². The van der Waals surface area contributed by atoms with E-state index in [-0.39, 0.29) is 16.5 Å². The van der Waals surface area contributed by atoms with Gasteiger partial charge in [-0.2, -0.15) is 0 Å². The second-order valence-electron chi connectivity index (χ2n) is 4.24. The number of carbonyl (C=O) groups excluding carboxylic acids is 1. The highest BCUT2D eigenvalue weighted by atomic mass is 79.9. The topological polar surface area (TPSA) is 93.4 Å². The van der Waals surface area contributed by atoms with Gasteiger partial charge in [0.1, 0.15) is 5.69 Å². The molecular formula is C13H12BrN3O3S. The zero-order chi connectivity index (χ0) is 15.6. The minimum atomic E-state index is -3.75. The Kier molecular flexibility index (Phi) is 4.40. The number of benzene rings is 1. The minimum absolute atomic E-state index is 0.00823. The van der Waals surface area contributed by atoms with Crippen LogP contribution in [0, 0.1) is 0 Å². The van der Waals surface area contributed by atoms with E-state index in [2.05, 4.69) is 20.9 Å². The first-order valence-electron chi connectivity index (χ1n) is 5.82. The quantitative estimate of drug-likeness (QED) is 0.891. The van der Waals surface area contributed by atoms with Crippen LogP contribution in [0.3, 0.4) is 0 Å². The summed E-state index contributed by atoms with van der Waals surface area (Å²) < 4.78 is 23.0. The minimum Gasteiger partial charge on any atom is -0.310 e. The van der Waals surface area contributed by atoms with Crippen LogP contribution in [-0.2, 0) is 10.0 Å². The molecule has 2 N–H and O–H groups in total. The summed E-state index contributed by atoms with van der Waals surface area (Å²) in [6.07, 6.45) is 1.52. The summed E-state index contributed by atoms with van der Waals surface area (Å²) >= 11 is 3.27. The van der Waals surface area contributed by atoms with Gasteiger partial charge in [0, 0.05) is 23.4 Å². The summed E-state index contributed by atoms with van der Waals surface area (Å²) in [4.78, 5) is 17.7. The van der Waals surface area contributed by atoms with Crippen LogP contribution < -0.4 is 10.0 Å². The number of primary sulfonamides is 1. The normalized spacial score (nSPS) is 11.2. The lowest BCUT2D eigenvalue weighted by Crippen LogP contribution is -2.27. The average molecular weight is 370 g/mol. The van der Waals surface area contributed by atoms with Crippen molar-refractivity contribution >= 4 is 37.5 Å². The zero-order valence-corrected chi connectivity index (χ0v) is 13.4. The maximum Gasteiger partial charge on any atom is 0.277 e. The molecule has 1 aromatic carbocycles. The summed E-state index contributed by atoms with van der Waals surface area (Å²) in [5.41, 5.74) is 0.806. The first-order valence-corrected chi connectivity index (χ1v) is 8.16. The first-order chi connectivity index (χ1) is 9.80. The van der Waals surface area contributed by atoms with Crippen molar-refractivity contribution in [2.75, 3.05) is 11.9 Å². The van der Waals surface area contributed by atoms with Gasteiger partial charge >= 0.3 is 0 Å². The van der Waals surface area contributed by atoms with Crippen molar-refractivity contribution in [3.63, 3.8) is 0 Å². The van der Waals surface area contributed by atoms with E-state index in [1.54, 1.807) is 19.2 Å². The molecule has 0 bridgehead atoms. The predicted octanol–water partition coefficient (Wildman–Crippen LogP) is 1.77. The molecule has 0 atom stereocenters. The van der Waals surface area contributed by atoms with Crippen LogP contribution in [-0.4, -0.2) is 26.4 Å². The number of rotatable bonds is 3. The van der Waals surface area contributed by atoms with Crippen LogP contribution in [0.2, 0.25) is 0 Å². The average Bonchev–Trinajstić information content (AvgIpc) is 2.45. The zero-order valence-electron chi connectivity index (χ0n) is 11.0. The van der Waals surface area contributed by atoms with E-state index in [4.69, 9.17) is 5.14 Å². The van der Waals surface area contributed by atoms with Gasteiger partial charge in [-0.25, -0.2) is 18.5 Å². The number of hydrogen-bond donors (Lipinski definition) is 1. The number of halogens is 1. The van der Waals surface area contributed by atoms with Gasteiger partial charge in [-0.15, -0.1) is 0 Å². The van der Waals surface area contributed by atoms with E-state index >= 15 is 0 Å². The molecule has 0 spiro atoms. The number of nitrogens with zero attached hydrogens (tertiary/aromatic N) is 2. The molecule has 8 heteroatoms. The Labute approximate surface area is 130 Å². The molecule has 0 saturated carbocycles. The number of sulfonamides is 1. The molecule has 2 aromatic rings. The Morgan fingerprint density at radius 2 is 1.86 bits per heavy atom. The second-order valence-corrected chi connectivity index (χ2v) is 6.65. The van der Waals surface area contributed by atoms with E-state index in [1.165, 1.54) is 35.4 Å². The molecule has 1 amide bonds. The molecule has 0 fully saturated rings. The van der Waals surface area contributed by atoms with Crippen LogP contribution >= 0.6 is 15.9 Å². The van der Waals surface area contributed by atoms with Gasteiger partial charge in [0.25, 0.3) is 5.91 Å². The lowest BCUT2D eigenvalue weighted by Gasteiger charge is -2.17. The van der Waals surface area contributed by atoms with Gasteiger partial charge in [0.15, 0.2) is 0 Å². The number of hydrogen-bond acceptors (Lipinski definition) is 4. The fourth-order valence-corrected chi connectivity index (χ4v) is 2.62. The van der Waals surface area contributed by atoms with E-state index in [0.29, 0.717) is 10.2 Å². The monoisotopic (exact) mass is 369 g/mol. The Bertz CT molecular complexity index is 776. The van der Waals surface area contributed by atoms with E-state index in [9.17, 15) is 13.2 Å². The van der Waals surface area contributed by atoms with Crippen LogP contribution in [0.15, 0.2) is 52.0 Å². The summed E-state index contributed by atoms with van der Waals surface area (Å²) in [6, 6.07) is 9.15. The molecule has 21 heavy (non-hydrogen) atoms. The molecule has 0 aliphatic carbocycles. The third-order valence-corrected chi connectivity index (χ3v) is 4.39. The summed E-state index contributed by atoms with van der Waals surface area (Å²) in [5.74, 6) is -0.314. The molecule has 0 aliphatic rings. The van der Waals surface area contributed by atoms with Crippen LogP contribution in [0.1, 0.15) is 10.5 Å². The van der Waals surface area contributed by atoms with Crippen molar-refractivity contribution in [1.82, 2.24) is 4.98 Å². The molecule has 6 nitrogen and oxygen atoms in total. The Hall–Kier alpha value is -1.77. The number of amides is 1. The maximum absolute atomic E-state index is 12.3. The lowest BCUT2D eigenvalue weighted by atomic mass is 10.2. The number of nitrogens with two attached hydrogens (primary N) is 1. The van der Waals surface area contributed by atoms with E-state index in [1.807, 2.05) is 0 Å². The van der Waals surface area contributed by atoms with Crippen molar-refractivity contribution in [3.05, 3.63) is 52.8 Å². The van der Waals surface area contributed by atoms with Crippen molar-refractivity contribution in [3.8, 4) is 0 Å². The number of pyridine rings is 1. The van der Waals surface area contributed by atoms with Crippen LogP contribution in [0.4, 0.5) is 5.69 Å². The predicted molar refractivity (Wildman–Crippen MR) is 82.5 cm³/mol. The highest BCUT2D eigenvalue weighted by Crippen LogP contribution is 2.20. The standard InChI is InChI=1S/C13H12BrN3O3S/c1-17(13(18)12-11(14)3-2-8-16-12)9-4-6-10(7-5-9)21(15,19)20/h2-8H,1H3,(H2,15,19,20). The Morgan fingerprint density at radius 1 is 1.24 bits per heavy atom. The Balaban J connectivity index is 2.30. The molecule has 0 radical (unpaired) electrons. The Morgan fingerprint density at radius 3 is 2.38 bits per heavy atom. The molecule has 0 aliphatic heterocycles. The van der Waals surface area contributed by atoms with Gasteiger partial charge in [0.05, 0.1) is 4.90 Å². The SMILES string of the molecule is CN(C(=O)c1ncccc1Br)c1ccc(S(N)(=O)=O)cc1. The number of carbonyl (C=O) groups is 1. The lowest BCUT2D eigenvalue weighted by molar-refractivity contribution is 0.0987. The van der Waals surface area contributed by atoms with Crippen molar-refractivity contribution in [2.24, 2.45) is 5.14 Å². The highest BCUT2D eigenvalue weighted by Gasteiger charge is 2.18. The van der Waals surface area contributed by atoms with Gasteiger partial charge in [0.2, 0.25) is 10.0 Å².